The number of benzene rings is 1. The van der Waals surface area contributed by atoms with Crippen LogP contribution >= 0.6 is 0 Å². The molecule has 0 unspecified atom stereocenters. The summed E-state index contributed by atoms with van der Waals surface area (Å²) in [5.74, 6) is -1.16. The highest BCUT2D eigenvalue weighted by atomic mass is 32.2. The summed E-state index contributed by atoms with van der Waals surface area (Å²) >= 11 is 0. The van der Waals surface area contributed by atoms with Crippen LogP contribution in [0.25, 0.3) is 5.65 Å². The van der Waals surface area contributed by atoms with E-state index in [-0.39, 0.29) is 31.9 Å². The van der Waals surface area contributed by atoms with Crippen LogP contribution in [0.4, 0.5) is 10.2 Å². The van der Waals surface area contributed by atoms with E-state index >= 15 is 0 Å². The minimum Gasteiger partial charge on any atom is -0.379 e. The average Bonchev–Trinajstić information content (AvgIpc) is 3.19. The summed E-state index contributed by atoms with van der Waals surface area (Å²) in [6.45, 7) is 0.741. The standard InChI is InChI=1S/C17H16FN5O4S/c18-13-2-1-12(11-14(13)28(25,26)22-7-9-27-10-8-22)17(24)21-16-3-5-19-15-4-6-20-23(15)16/h1-6,11H,7-10H2,(H,21,24). The van der Waals surface area contributed by atoms with Crippen LogP contribution in [-0.4, -0.2) is 59.5 Å². The summed E-state index contributed by atoms with van der Waals surface area (Å²) in [6.07, 6.45) is 3.04. The quantitative estimate of drug-likeness (QED) is 0.698. The molecule has 28 heavy (non-hydrogen) atoms. The molecule has 0 bridgehead atoms. The molecule has 1 aromatic carbocycles. The summed E-state index contributed by atoms with van der Waals surface area (Å²) in [6, 6.07) is 6.45. The molecule has 1 amide bonds. The van der Waals surface area contributed by atoms with Gasteiger partial charge in [-0.2, -0.15) is 13.9 Å². The minimum atomic E-state index is -4.08. The predicted molar refractivity (Wildman–Crippen MR) is 96.9 cm³/mol. The Bertz CT molecular complexity index is 1140. The fraction of sp³-hybridized carbons (Fsp3) is 0.235. The number of morpholine rings is 1. The third-order valence-electron chi connectivity index (χ3n) is 4.31. The van der Waals surface area contributed by atoms with Crippen molar-refractivity contribution < 1.29 is 22.3 Å². The van der Waals surface area contributed by atoms with E-state index < -0.39 is 26.6 Å². The van der Waals surface area contributed by atoms with Crippen molar-refractivity contribution in [3.63, 3.8) is 0 Å². The number of nitrogens with zero attached hydrogens (tertiary/aromatic N) is 4. The maximum Gasteiger partial charge on any atom is 0.256 e. The molecule has 9 nitrogen and oxygen atoms in total. The van der Waals surface area contributed by atoms with Gasteiger partial charge < -0.3 is 10.1 Å². The van der Waals surface area contributed by atoms with Gasteiger partial charge in [-0.1, -0.05) is 0 Å². The molecule has 4 rings (SSSR count). The Morgan fingerprint density at radius 2 is 1.93 bits per heavy atom. The van der Waals surface area contributed by atoms with E-state index in [2.05, 4.69) is 15.4 Å². The van der Waals surface area contributed by atoms with Gasteiger partial charge in [0, 0.05) is 30.9 Å². The highest BCUT2D eigenvalue weighted by Gasteiger charge is 2.29. The molecule has 1 fully saturated rings. The maximum absolute atomic E-state index is 14.3. The van der Waals surface area contributed by atoms with Gasteiger partial charge >= 0.3 is 0 Å². The fourth-order valence-electron chi connectivity index (χ4n) is 2.89. The number of carbonyl (C=O) groups is 1. The Labute approximate surface area is 159 Å². The maximum atomic E-state index is 14.3. The predicted octanol–water partition coefficient (Wildman–Crippen LogP) is 1.14. The molecule has 3 aromatic rings. The number of hydrogen-bond donors (Lipinski definition) is 1. The molecule has 146 valence electrons. The van der Waals surface area contributed by atoms with E-state index in [1.54, 1.807) is 12.1 Å². The smallest absolute Gasteiger partial charge is 0.256 e. The second kappa shape index (κ2) is 7.26. The van der Waals surface area contributed by atoms with Crippen LogP contribution in [0.5, 0.6) is 0 Å². The van der Waals surface area contributed by atoms with Gasteiger partial charge in [0.2, 0.25) is 10.0 Å². The number of aromatic nitrogens is 3. The zero-order chi connectivity index (χ0) is 19.7. The molecule has 1 N–H and O–H groups in total. The van der Waals surface area contributed by atoms with Gasteiger partial charge in [-0.25, -0.2) is 17.8 Å². The average molecular weight is 405 g/mol. The number of sulfonamides is 1. The van der Waals surface area contributed by atoms with E-state index in [1.807, 2.05) is 0 Å². The van der Waals surface area contributed by atoms with Crippen molar-refractivity contribution in [1.82, 2.24) is 18.9 Å². The van der Waals surface area contributed by atoms with Crippen LogP contribution in [0, 0.1) is 5.82 Å². The summed E-state index contributed by atoms with van der Waals surface area (Å²) in [5.41, 5.74) is 0.540. The van der Waals surface area contributed by atoms with Crippen LogP contribution in [0.15, 0.2) is 47.6 Å². The zero-order valence-corrected chi connectivity index (χ0v) is 15.4. The van der Waals surface area contributed by atoms with Crippen molar-refractivity contribution in [3.8, 4) is 0 Å². The van der Waals surface area contributed by atoms with Crippen molar-refractivity contribution in [2.75, 3.05) is 31.6 Å². The van der Waals surface area contributed by atoms with E-state index in [1.165, 1.54) is 23.0 Å². The molecule has 0 atom stereocenters. The SMILES string of the molecule is O=C(Nc1ccnc2ccnn12)c1ccc(F)c(S(=O)(=O)N2CCOCC2)c1. The van der Waals surface area contributed by atoms with Gasteiger partial charge in [-0.15, -0.1) is 0 Å². The van der Waals surface area contributed by atoms with Crippen LogP contribution in [0.1, 0.15) is 10.4 Å². The first-order valence-corrected chi connectivity index (χ1v) is 9.88. The molecule has 0 aliphatic carbocycles. The number of fused-ring (bicyclic) bond motifs is 1. The van der Waals surface area contributed by atoms with Gasteiger partial charge in [0.15, 0.2) is 5.65 Å². The first kappa shape index (κ1) is 18.5. The highest BCUT2D eigenvalue weighted by Crippen LogP contribution is 2.22. The summed E-state index contributed by atoms with van der Waals surface area (Å²) < 4.78 is 47.5. The fourth-order valence-corrected chi connectivity index (χ4v) is 4.38. The molecule has 1 aliphatic rings. The van der Waals surface area contributed by atoms with Crippen molar-refractivity contribution in [1.29, 1.82) is 0 Å². The number of rotatable bonds is 4. The molecule has 3 heterocycles. The molecule has 11 heteroatoms. The number of amides is 1. The van der Waals surface area contributed by atoms with Gasteiger partial charge in [0.1, 0.15) is 16.5 Å². The Hall–Kier alpha value is -2.89. The Morgan fingerprint density at radius 1 is 1.14 bits per heavy atom. The first-order valence-electron chi connectivity index (χ1n) is 8.44. The normalized spacial score (nSPS) is 15.6. The van der Waals surface area contributed by atoms with E-state index in [4.69, 9.17) is 4.74 Å². The lowest BCUT2D eigenvalue weighted by Crippen LogP contribution is -2.41. The van der Waals surface area contributed by atoms with E-state index in [0.717, 1.165) is 16.4 Å². The molecule has 1 saturated heterocycles. The lowest BCUT2D eigenvalue weighted by molar-refractivity contribution is 0.0729. The number of hydrogen-bond acceptors (Lipinski definition) is 6. The van der Waals surface area contributed by atoms with Crippen LogP contribution < -0.4 is 5.32 Å². The number of carbonyl (C=O) groups excluding carboxylic acids is 1. The van der Waals surface area contributed by atoms with Crippen molar-refractivity contribution in [3.05, 3.63) is 54.1 Å². The molecular weight excluding hydrogens is 389 g/mol. The minimum absolute atomic E-state index is 0.00496. The van der Waals surface area contributed by atoms with Crippen LogP contribution in [0.2, 0.25) is 0 Å². The largest absolute Gasteiger partial charge is 0.379 e. The third kappa shape index (κ3) is 3.35. The Kier molecular flexibility index (Phi) is 4.79. The Balaban J connectivity index is 1.64. The third-order valence-corrected chi connectivity index (χ3v) is 6.23. The number of halogens is 1. The monoisotopic (exact) mass is 405 g/mol. The Morgan fingerprint density at radius 3 is 2.71 bits per heavy atom. The second-order valence-electron chi connectivity index (χ2n) is 6.05. The van der Waals surface area contributed by atoms with Crippen molar-refractivity contribution >= 4 is 27.4 Å². The molecule has 0 spiro atoms. The highest BCUT2D eigenvalue weighted by molar-refractivity contribution is 7.89. The van der Waals surface area contributed by atoms with Gasteiger partial charge in [-0.3, -0.25) is 4.79 Å². The summed E-state index contributed by atoms with van der Waals surface area (Å²) in [7, 11) is -4.08. The van der Waals surface area contributed by atoms with Gasteiger partial charge in [0.05, 0.1) is 19.4 Å². The summed E-state index contributed by atoms with van der Waals surface area (Å²) in [4.78, 5) is 16.2. The molecule has 1 aliphatic heterocycles. The van der Waals surface area contributed by atoms with Gasteiger partial charge in [0.25, 0.3) is 5.91 Å². The van der Waals surface area contributed by atoms with Crippen LogP contribution in [0.3, 0.4) is 0 Å². The summed E-state index contributed by atoms with van der Waals surface area (Å²) in [5, 5.41) is 6.70. The molecular formula is C17H16FN5O4S. The van der Waals surface area contributed by atoms with Crippen molar-refractivity contribution in [2.24, 2.45) is 0 Å². The van der Waals surface area contributed by atoms with Gasteiger partial charge in [-0.05, 0) is 24.3 Å². The number of ether oxygens (including phenoxy) is 1. The van der Waals surface area contributed by atoms with Crippen molar-refractivity contribution in [2.45, 2.75) is 4.90 Å². The lowest BCUT2D eigenvalue weighted by atomic mass is 10.2. The number of anilines is 1. The van der Waals surface area contributed by atoms with Crippen LogP contribution in [-0.2, 0) is 14.8 Å². The molecule has 2 aromatic heterocycles. The molecule has 0 saturated carbocycles. The number of nitrogens with one attached hydrogen (secondary N) is 1. The van der Waals surface area contributed by atoms with E-state index in [0.29, 0.717) is 11.5 Å². The first-order chi connectivity index (χ1) is 13.5. The second-order valence-corrected chi connectivity index (χ2v) is 7.95. The zero-order valence-electron chi connectivity index (χ0n) is 14.6. The van der Waals surface area contributed by atoms with E-state index in [9.17, 15) is 17.6 Å². The molecule has 0 radical (unpaired) electrons. The topological polar surface area (TPSA) is 106 Å². The lowest BCUT2D eigenvalue weighted by Gasteiger charge is -2.26.